The minimum absolute atomic E-state index is 0.0202. The van der Waals surface area contributed by atoms with Crippen molar-refractivity contribution in [3.63, 3.8) is 0 Å². The third-order valence-corrected chi connectivity index (χ3v) is 2.91. The van der Waals surface area contributed by atoms with E-state index in [0.717, 1.165) is 0 Å². The van der Waals surface area contributed by atoms with Gasteiger partial charge >= 0.3 is 0 Å². The van der Waals surface area contributed by atoms with Crippen LogP contribution in [0.1, 0.15) is 6.42 Å². The Balaban J connectivity index is 2.20. The van der Waals surface area contributed by atoms with Crippen molar-refractivity contribution in [2.45, 2.75) is 30.3 Å². The number of ether oxygens (including phenoxy) is 2. The summed E-state index contributed by atoms with van der Waals surface area (Å²) in [4.78, 5) is 15.2. The zero-order valence-electron chi connectivity index (χ0n) is 8.57. The summed E-state index contributed by atoms with van der Waals surface area (Å²) in [5.74, 6) is 0. The Labute approximate surface area is 91.7 Å². The number of aliphatic hydroxyl groups is 1. The molecular weight excluding hydrogens is 218 g/mol. The Bertz CT molecular complexity index is 308. The van der Waals surface area contributed by atoms with Gasteiger partial charge in [-0.1, -0.05) is 6.08 Å². The van der Waals surface area contributed by atoms with Crippen molar-refractivity contribution in [1.29, 1.82) is 0 Å². The molecular formula is C9H13NO6. The lowest BCUT2D eigenvalue weighted by Gasteiger charge is -2.28. The van der Waals surface area contributed by atoms with Gasteiger partial charge in [0.2, 0.25) is 0 Å². The summed E-state index contributed by atoms with van der Waals surface area (Å²) in [6, 6.07) is 0. The second-order valence-corrected chi connectivity index (χ2v) is 3.97. The predicted molar refractivity (Wildman–Crippen MR) is 51.1 cm³/mol. The Morgan fingerprint density at radius 2 is 2.44 bits per heavy atom. The molecule has 2 aliphatic heterocycles. The smallest absolute Gasteiger partial charge is 0.295 e. The molecule has 0 unspecified atom stereocenters. The van der Waals surface area contributed by atoms with Crippen LogP contribution in [0.5, 0.6) is 0 Å². The van der Waals surface area contributed by atoms with E-state index in [1.807, 2.05) is 0 Å². The summed E-state index contributed by atoms with van der Waals surface area (Å²) in [6.45, 7) is 3.66. The molecule has 2 heterocycles. The van der Waals surface area contributed by atoms with Crippen molar-refractivity contribution in [3.8, 4) is 0 Å². The summed E-state index contributed by atoms with van der Waals surface area (Å²) in [5, 5.41) is 19.2. The highest BCUT2D eigenvalue weighted by Gasteiger charge is 2.58. The van der Waals surface area contributed by atoms with Gasteiger partial charge in [0.1, 0.15) is 18.3 Å². The molecule has 0 aromatic carbocycles. The van der Waals surface area contributed by atoms with Crippen LogP contribution in [-0.4, -0.2) is 47.3 Å². The van der Waals surface area contributed by atoms with Gasteiger partial charge in [0.25, 0.3) is 5.09 Å². The predicted octanol–water partition coefficient (Wildman–Crippen LogP) is -0.332. The lowest BCUT2D eigenvalue weighted by Crippen LogP contribution is -2.47. The van der Waals surface area contributed by atoms with E-state index in [1.165, 1.54) is 6.08 Å². The second kappa shape index (κ2) is 4.00. The fraction of sp³-hybridized carbons (Fsp3) is 0.778. The van der Waals surface area contributed by atoms with Crippen LogP contribution in [0.3, 0.4) is 0 Å². The summed E-state index contributed by atoms with van der Waals surface area (Å²) < 4.78 is 10.6. The van der Waals surface area contributed by atoms with Crippen molar-refractivity contribution in [3.05, 3.63) is 22.8 Å². The zero-order valence-corrected chi connectivity index (χ0v) is 8.57. The van der Waals surface area contributed by atoms with Gasteiger partial charge in [0.15, 0.2) is 5.60 Å². The van der Waals surface area contributed by atoms with Gasteiger partial charge in [0.05, 0.1) is 13.2 Å². The first-order valence-electron chi connectivity index (χ1n) is 4.95. The van der Waals surface area contributed by atoms with Crippen LogP contribution >= 0.6 is 0 Å². The normalized spacial score (nSPS) is 41.7. The van der Waals surface area contributed by atoms with Crippen LogP contribution in [-0.2, 0) is 14.3 Å². The van der Waals surface area contributed by atoms with Crippen molar-refractivity contribution in [2.24, 2.45) is 0 Å². The molecule has 16 heavy (non-hydrogen) atoms. The molecule has 0 aromatic heterocycles. The maximum Gasteiger partial charge on any atom is 0.295 e. The van der Waals surface area contributed by atoms with Crippen molar-refractivity contribution in [1.82, 2.24) is 0 Å². The molecule has 2 aliphatic rings. The van der Waals surface area contributed by atoms with Gasteiger partial charge < -0.3 is 19.4 Å². The lowest BCUT2D eigenvalue weighted by molar-refractivity contribution is -0.782. The fourth-order valence-electron chi connectivity index (χ4n) is 2.25. The van der Waals surface area contributed by atoms with Gasteiger partial charge in [-0.2, -0.15) is 0 Å². The standard InChI is InChI=1S/C9H13NO6/c1-2-3-9(16-10(12)13)5-15-7-6(11)4-14-8(7)9/h2,6-8,11H,1,3-5H2/t6-,7-,8+,9+/m1/s1. The minimum Gasteiger partial charge on any atom is -0.388 e. The Hall–Kier alpha value is -1.18. The van der Waals surface area contributed by atoms with Crippen molar-refractivity contribution < 1.29 is 24.5 Å². The summed E-state index contributed by atoms with van der Waals surface area (Å²) in [7, 11) is 0. The first-order chi connectivity index (χ1) is 7.59. The third kappa shape index (κ3) is 1.66. The van der Waals surface area contributed by atoms with Crippen LogP contribution < -0.4 is 0 Å². The second-order valence-electron chi connectivity index (χ2n) is 3.97. The molecule has 0 amide bonds. The highest BCUT2D eigenvalue weighted by Crippen LogP contribution is 2.39. The molecule has 0 bridgehead atoms. The van der Waals surface area contributed by atoms with Gasteiger partial charge in [-0.15, -0.1) is 16.7 Å². The summed E-state index contributed by atoms with van der Waals surface area (Å²) >= 11 is 0. The minimum atomic E-state index is -1.17. The zero-order chi connectivity index (χ0) is 11.8. The van der Waals surface area contributed by atoms with Crippen LogP contribution in [0.15, 0.2) is 12.7 Å². The first kappa shape index (κ1) is 11.3. The maximum absolute atomic E-state index is 10.5. The molecule has 1 N–H and O–H groups in total. The van der Waals surface area contributed by atoms with Gasteiger partial charge in [-0.25, -0.2) is 0 Å². The lowest BCUT2D eigenvalue weighted by atomic mass is 9.92. The molecule has 90 valence electrons. The van der Waals surface area contributed by atoms with E-state index in [2.05, 4.69) is 6.58 Å². The molecule has 0 radical (unpaired) electrons. The van der Waals surface area contributed by atoms with Gasteiger partial charge in [-0.05, 0) is 6.42 Å². The van der Waals surface area contributed by atoms with E-state index in [4.69, 9.17) is 14.3 Å². The highest BCUT2D eigenvalue weighted by molar-refractivity contribution is 5.06. The Morgan fingerprint density at radius 1 is 1.69 bits per heavy atom. The summed E-state index contributed by atoms with van der Waals surface area (Å²) in [6.07, 6.45) is -0.177. The molecule has 0 aromatic rings. The van der Waals surface area contributed by atoms with E-state index in [-0.39, 0.29) is 19.6 Å². The molecule has 4 atom stereocenters. The molecule has 2 saturated heterocycles. The van der Waals surface area contributed by atoms with Crippen LogP contribution in [0, 0.1) is 10.1 Å². The average Bonchev–Trinajstić information content (AvgIpc) is 2.71. The van der Waals surface area contributed by atoms with E-state index < -0.39 is 29.0 Å². The van der Waals surface area contributed by atoms with E-state index in [9.17, 15) is 15.2 Å². The third-order valence-electron chi connectivity index (χ3n) is 2.91. The van der Waals surface area contributed by atoms with Gasteiger partial charge in [0, 0.05) is 0 Å². The number of hydrogen-bond acceptors (Lipinski definition) is 6. The molecule has 0 spiro atoms. The van der Waals surface area contributed by atoms with E-state index in [0.29, 0.717) is 0 Å². The van der Waals surface area contributed by atoms with Crippen molar-refractivity contribution in [2.75, 3.05) is 13.2 Å². The summed E-state index contributed by atoms with van der Waals surface area (Å²) in [5.41, 5.74) is -1.17. The number of nitrogens with zero attached hydrogens (tertiary/aromatic N) is 1. The molecule has 2 fully saturated rings. The van der Waals surface area contributed by atoms with Crippen LogP contribution in [0.2, 0.25) is 0 Å². The van der Waals surface area contributed by atoms with Gasteiger partial charge in [-0.3, -0.25) is 0 Å². The Morgan fingerprint density at radius 3 is 3.06 bits per heavy atom. The molecule has 0 saturated carbocycles. The van der Waals surface area contributed by atoms with Crippen LogP contribution in [0.4, 0.5) is 0 Å². The SMILES string of the molecule is C=CC[C@]1(O[N+](=O)[O-])CO[C@@H]2[C@H](O)CO[C@@H]21. The quantitative estimate of drug-likeness (QED) is 0.404. The van der Waals surface area contributed by atoms with Crippen molar-refractivity contribution >= 4 is 0 Å². The van der Waals surface area contributed by atoms with E-state index in [1.54, 1.807) is 0 Å². The number of fused-ring (bicyclic) bond motifs is 1. The molecule has 7 heteroatoms. The number of aliphatic hydroxyl groups excluding tert-OH is 1. The average molecular weight is 231 g/mol. The molecule has 2 rings (SSSR count). The first-order valence-corrected chi connectivity index (χ1v) is 4.95. The topological polar surface area (TPSA) is 91.1 Å². The highest BCUT2D eigenvalue weighted by atomic mass is 17.0. The van der Waals surface area contributed by atoms with Crippen LogP contribution in [0.25, 0.3) is 0 Å². The monoisotopic (exact) mass is 231 g/mol. The van der Waals surface area contributed by atoms with E-state index >= 15 is 0 Å². The fourth-order valence-corrected chi connectivity index (χ4v) is 2.25. The number of rotatable bonds is 4. The number of hydrogen-bond donors (Lipinski definition) is 1. The molecule has 0 aliphatic carbocycles. The molecule has 7 nitrogen and oxygen atoms in total. The maximum atomic E-state index is 10.5. The largest absolute Gasteiger partial charge is 0.388 e. The Kier molecular flexibility index (Phi) is 2.83.